The Balaban J connectivity index is 2.17. The van der Waals surface area contributed by atoms with Gasteiger partial charge >= 0.3 is 0 Å². The molecule has 5 nitrogen and oxygen atoms in total. The SMILES string of the molecule is CNc1ccc(CN2CCCC2C(C)C)cc1[N+](=O)[O-]. The lowest BCUT2D eigenvalue weighted by molar-refractivity contribution is -0.384. The molecule has 0 spiro atoms. The molecule has 0 aromatic heterocycles. The number of hydrogen-bond acceptors (Lipinski definition) is 4. The molecule has 0 aliphatic carbocycles. The Morgan fingerprint density at radius 2 is 2.25 bits per heavy atom. The number of nitro benzene ring substituents is 1. The van der Waals surface area contributed by atoms with Crippen molar-refractivity contribution in [2.75, 3.05) is 18.9 Å². The van der Waals surface area contributed by atoms with Gasteiger partial charge in [0.25, 0.3) is 5.69 Å². The standard InChI is InChI=1S/C15H23N3O2/c1-11(2)14-5-4-8-17(14)10-12-6-7-13(16-3)15(9-12)18(19)20/h6-7,9,11,14,16H,4-5,8,10H2,1-3H3. The smallest absolute Gasteiger partial charge is 0.292 e. The molecule has 1 N–H and O–H groups in total. The third-order valence-electron chi connectivity index (χ3n) is 4.10. The van der Waals surface area contributed by atoms with Crippen LogP contribution in [0.2, 0.25) is 0 Å². The second-order valence-corrected chi connectivity index (χ2v) is 5.78. The molecule has 0 saturated carbocycles. The number of nitrogens with zero attached hydrogens (tertiary/aromatic N) is 2. The Bertz CT molecular complexity index is 488. The lowest BCUT2D eigenvalue weighted by Gasteiger charge is -2.27. The van der Waals surface area contributed by atoms with E-state index in [4.69, 9.17) is 0 Å². The lowest BCUT2D eigenvalue weighted by Crippen LogP contribution is -2.32. The molecule has 1 unspecified atom stereocenters. The third-order valence-corrected chi connectivity index (χ3v) is 4.10. The van der Waals surface area contributed by atoms with E-state index >= 15 is 0 Å². The van der Waals surface area contributed by atoms with Gasteiger partial charge in [-0.2, -0.15) is 0 Å². The van der Waals surface area contributed by atoms with Gasteiger partial charge in [0, 0.05) is 25.7 Å². The van der Waals surface area contributed by atoms with Crippen molar-refractivity contribution < 1.29 is 4.92 Å². The minimum absolute atomic E-state index is 0.158. The van der Waals surface area contributed by atoms with E-state index in [9.17, 15) is 10.1 Å². The van der Waals surface area contributed by atoms with Gasteiger partial charge in [0.05, 0.1) is 4.92 Å². The van der Waals surface area contributed by atoms with Gasteiger partial charge in [-0.05, 0) is 36.9 Å². The van der Waals surface area contributed by atoms with Crippen molar-refractivity contribution in [3.05, 3.63) is 33.9 Å². The van der Waals surface area contributed by atoms with E-state index in [0.717, 1.165) is 18.7 Å². The van der Waals surface area contributed by atoms with E-state index < -0.39 is 0 Å². The van der Waals surface area contributed by atoms with Crippen LogP contribution in [-0.2, 0) is 6.54 Å². The van der Waals surface area contributed by atoms with Gasteiger partial charge in [0.15, 0.2) is 0 Å². The summed E-state index contributed by atoms with van der Waals surface area (Å²) >= 11 is 0. The van der Waals surface area contributed by atoms with Crippen LogP contribution in [0.5, 0.6) is 0 Å². The molecule has 0 amide bonds. The highest BCUT2D eigenvalue weighted by atomic mass is 16.6. The Morgan fingerprint density at radius 3 is 2.85 bits per heavy atom. The quantitative estimate of drug-likeness (QED) is 0.663. The zero-order valence-corrected chi connectivity index (χ0v) is 12.4. The summed E-state index contributed by atoms with van der Waals surface area (Å²) in [6.45, 7) is 6.38. The topological polar surface area (TPSA) is 58.4 Å². The minimum Gasteiger partial charge on any atom is -0.383 e. The van der Waals surface area contributed by atoms with Crippen molar-refractivity contribution in [1.82, 2.24) is 4.90 Å². The fourth-order valence-electron chi connectivity index (χ4n) is 3.08. The van der Waals surface area contributed by atoms with Crippen LogP contribution in [0.25, 0.3) is 0 Å². The van der Waals surface area contributed by atoms with Crippen LogP contribution >= 0.6 is 0 Å². The molecule has 0 bridgehead atoms. The highest BCUT2D eigenvalue weighted by molar-refractivity contribution is 5.62. The Labute approximate surface area is 120 Å². The van der Waals surface area contributed by atoms with Crippen LogP contribution in [0.3, 0.4) is 0 Å². The monoisotopic (exact) mass is 277 g/mol. The van der Waals surface area contributed by atoms with Crippen LogP contribution in [0.4, 0.5) is 11.4 Å². The van der Waals surface area contributed by atoms with Crippen molar-refractivity contribution >= 4 is 11.4 Å². The molecule has 1 saturated heterocycles. The molecule has 5 heteroatoms. The fourth-order valence-corrected chi connectivity index (χ4v) is 3.08. The van der Waals surface area contributed by atoms with E-state index in [-0.39, 0.29) is 10.6 Å². The van der Waals surface area contributed by atoms with Gasteiger partial charge in [0.2, 0.25) is 0 Å². The van der Waals surface area contributed by atoms with Crippen molar-refractivity contribution in [3.8, 4) is 0 Å². The Hall–Kier alpha value is -1.62. The van der Waals surface area contributed by atoms with Gasteiger partial charge in [0.1, 0.15) is 5.69 Å². The number of nitrogens with one attached hydrogen (secondary N) is 1. The molecule has 1 aliphatic rings. The van der Waals surface area contributed by atoms with Crippen LogP contribution in [-0.4, -0.2) is 29.5 Å². The number of hydrogen-bond donors (Lipinski definition) is 1. The van der Waals surface area contributed by atoms with Gasteiger partial charge in [-0.25, -0.2) is 0 Å². The zero-order valence-electron chi connectivity index (χ0n) is 12.4. The highest BCUT2D eigenvalue weighted by Gasteiger charge is 2.27. The van der Waals surface area contributed by atoms with E-state index in [1.807, 2.05) is 6.07 Å². The van der Waals surface area contributed by atoms with Crippen LogP contribution < -0.4 is 5.32 Å². The first-order valence-corrected chi connectivity index (χ1v) is 7.22. The maximum Gasteiger partial charge on any atom is 0.292 e. The molecule has 2 rings (SSSR count). The summed E-state index contributed by atoms with van der Waals surface area (Å²) in [6.07, 6.45) is 2.45. The van der Waals surface area contributed by atoms with Gasteiger partial charge in [-0.3, -0.25) is 15.0 Å². The zero-order chi connectivity index (χ0) is 14.7. The number of benzene rings is 1. The predicted octanol–water partition coefficient (Wildman–Crippen LogP) is 3.26. The first-order chi connectivity index (χ1) is 9.52. The Morgan fingerprint density at radius 1 is 1.50 bits per heavy atom. The third kappa shape index (κ3) is 3.10. The van der Waals surface area contributed by atoms with Crippen LogP contribution in [0.15, 0.2) is 18.2 Å². The lowest BCUT2D eigenvalue weighted by atomic mass is 10.0. The molecule has 1 heterocycles. The molecule has 20 heavy (non-hydrogen) atoms. The summed E-state index contributed by atoms with van der Waals surface area (Å²) in [5, 5.41) is 14.0. The first-order valence-electron chi connectivity index (χ1n) is 7.22. The predicted molar refractivity (Wildman–Crippen MR) is 80.9 cm³/mol. The maximum absolute atomic E-state index is 11.1. The summed E-state index contributed by atoms with van der Waals surface area (Å²) in [6, 6.07) is 6.07. The van der Waals surface area contributed by atoms with E-state index in [2.05, 4.69) is 24.1 Å². The van der Waals surface area contributed by atoms with Crippen LogP contribution in [0, 0.1) is 16.0 Å². The molecule has 110 valence electrons. The summed E-state index contributed by atoms with van der Waals surface area (Å²) in [7, 11) is 1.71. The largest absolute Gasteiger partial charge is 0.383 e. The molecule has 1 fully saturated rings. The van der Waals surface area contributed by atoms with E-state index in [1.165, 1.54) is 12.8 Å². The minimum atomic E-state index is -0.320. The fraction of sp³-hybridized carbons (Fsp3) is 0.600. The highest BCUT2D eigenvalue weighted by Crippen LogP contribution is 2.29. The normalized spacial score (nSPS) is 19.5. The van der Waals surface area contributed by atoms with Crippen molar-refractivity contribution in [1.29, 1.82) is 0 Å². The molecule has 1 aromatic rings. The molecular formula is C15H23N3O2. The van der Waals surface area contributed by atoms with E-state index in [0.29, 0.717) is 17.6 Å². The summed E-state index contributed by atoms with van der Waals surface area (Å²) in [5.74, 6) is 0.629. The molecule has 1 aromatic carbocycles. The second kappa shape index (κ2) is 6.22. The second-order valence-electron chi connectivity index (χ2n) is 5.78. The average Bonchev–Trinajstić information content (AvgIpc) is 2.87. The first kappa shape index (κ1) is 14.8. The number of nitro groups is 1. The van der Waals surface area contributed by atoms with Gasteiger partial charge < -0.3 is 5.32 Å². The molecule has 1 aliphatic heterocycles. The number of likely N-dealkylation sites (tertiary alicyclic amines) is 1. The van der Waals surface area contributed by atoms with Crippen molar-refractivity contribution in [3.63, 3.8) is 0 Å². The number of rotatable bonds is 5. The van der Waals surface area contributed by atoms with Crippen molar-refractivity contribution in [2.45, 2.75) is 39.3 Å². The summed E-state index contributed by atoms with van der Waals surface area (Å²) in [5.41, 5.74) is 1.74. The van der Waals surface area contributed by atoms with Gasteiger partial charge in [-0.1, -0.05) is 19.9 Å². The molecule has 0 radical (unpaired) electrons. The molecular weight excluding hydrogens is 254 g/mol. The van der Waals surface area contributed by atoms with Crippen molar-refractivity contribution in [2.24, 2.45) is 5.92 Å². The van der Waals surface area contributed by atoms with E-state index in [1.54, 1.807) is 19.2 Å². The van der Waals surface area contributed by atoms with Crippen LogP contribution in [0.1, 0.15) is 32.3 Å². The summed E-state index contributed by atoms with van der Waals surface area (Å²) < 4.78 is 0. The number of anilines is 1. The molecule has 1 atom stereocenters. The van der Waals surface area contributed by atoms with Gasteiger partial charge in [-0.15, -0.1) is 0 Å². The maximum atomic E-state index is 11.1. The Kier molecular flexibility index (Phi) is 4.60. The summed E-state index contributed by atoms with van der Waals surface area (Å²) in [4.78, 5) is 13.2. The average molecular weight is 277 g/mol.